The first-order valence-corrected chi connectivity index (χ1v) is 27.0. The summed E-state index contributed by atoms with van der Waals surface area (Å²) in [6.07, 6.45) is 72.3. The first-order chi connectivity index (χ1) is 32.5. The molecular formula is C60H98O6. The maximum atomic E-state index is 12.8. The van der Waals surface area contributed by atoms with E-state index >= 15 is 0 Å². The standard InChI is InChI=1S/C60H98O6/c1-4-7-10-13-16-19-22-25-27-29-30-31-33-35-38-41-44-47-50-53-59(62)65-56-57(55-64-58(61)52-49-46-43-40-37-34-24-21-18-15-12-9-6-3)66-60(63)54-51-48-45-42-39-36-32-28-26-23-20-17-14-11-8-5-2/h9,12,15-16,18-19,21-22,24-25,28,32,34,36-37,39-40,43,57H,4-8,10-11,13-14,17,20,23,26-27,29-31,33,35,38,41-42,44-56H2,1-3H3/b12-9+,18-15+,19-16+,24-21+,25-22+,32-28+,37-34+,39-36+,43-40+. The molecule has 0 amide bonds. The average Bonchev–Trinajstić information content (AvgIpc) is 3.31. The van der Waals surface area contributed by atoms with Crippen molar-refractivity contribution in [3.63, 3.8) is 0 Å². The van der Waals surface area contributed by atoms with Gasteiger partial charge < -0.3 is 14.2 Å². The minimum atomic E-state index is -0.824. The zero-order valence-electron chi connectivity index (χ0n) is 42.7. The summed E-state index contributed by atoms with van der Waals surface area (Å²) < 4.78 is 16.7. The van der Waals surface area contributed by atoms with Gasteiger partial charge in [0.1, 0.15) is 13.2 Å². The van der Waals surface area contributed by atoms with E-state index in [2.05, 4.69) is 75.5 Å². The highest BCUT2D eigenvalue weighted by atomic mass is 16.6. The number of hydrogen-bond acceptors (Lipinski definition) is 6. The Morgan fingerprint density at radius 3 is 1.05 bits per heavy atom. The van der Waals surface area contributed by atoms with Gasteiger partial charge in [0, 0.05) is 19.3 Å². The largest absolute Gasteiger partial charge is 0.462 e. The van der Waals surface area contributed by atoms with Crippen LogP contribution in [0.15, 0.2) is 109 Å². The second-order valence-corrected chi connectivity index (χ2v) is 17.6. The second-order valence-electron chi connectivity index (χ2n) is 17.6. The molecule has 0 radical (unpaired) electrons. The Bertz CT molecular complexity index is 1370. The third kappa shape index (κ3) is 51.1. The molecule has 66 heavy (non-hydrogen) atoms. The molecule has 0 spiro atoms. The second kappa shape index (κ2) is 53.7. The fourth-order valence-corrected chi connectivity index (χ4v) is 7.10. The fourth-order valence-electron chi connectivity index (χ4n) is 7.10. The van der Waals surface area contributed by atoms with Gasteiger partial charge in [0.15, 0.2) is 6.10 Å². The van der Waals surface area contributed by atoms with Crippen LogP contribution in [-0.4, -0.2) is 37.2 Å². The van der Waals surface area contributed by atoms with Crippen LogP contribution in [0.2, 0.25) is 0 Å². The van der Waals surface area contributed by atoms with Crippen molar-refractivity contribution in [3.05, 3.63) is 109 Å². The Labute approximate surface area is 406 Å². The van der Waals surface area contributed by atoms with E-state index < -0.39 is 6.10 Å². The monoisotopic (exact) mass is 915 g/mol. The molecule has 0 aromatic rings. The van der Waals surface area contributed by atoms with E-state index in [1.165, 1.54) is 122 Å². The molecule has 0 aromatic heterocycles. The van der Waals surface area contributed by atoms with Crippen molar-refractivity contribution >= 4 is 17.9 Å². The van der Waals surface area contributed by atoms with Crippen LogP contribution >= 0.6 is 0 Å². The number of esters is 3. The van der Waals surface area contributed by atoms with Crippen LogP contribution in [0.5, 0.6) is 0 Å². The lowest BCUT2D eigenvalue weighted by atomic mass is 10.1. The van der Waals surface area contributed by atoms with E-state index in [9.17, 15) is 14.4 Å². The Hall–Kier alpha value is -3.93. The van der Waals surface area contributed by atoms with Crippen molar-refractivity contribution in [3.8, 4) is 0 Å². The number of unbranched alkanes of at least 4 members (excludes halogenated alkanes) is 24. The minimum Gasteiger partial charge on any atom is -0.462 e. The third-order valence-electron chi connectivity index (χ3n) is 11.2. The van der Waals surface area contributed by atoms with E-state index in [-0.39, 0.29) is 44.0 Å². The van der Waals surface area contributed by atoms with Crippen LogP contribution in [0.25, 0.3) is 0 Å². The first kappa shape index (κ1) is 62.1. The smallest absolute Gasteiger partial charge is 0.306 e. The number of carbonyl (C=O) groups excluding carboxylic acids is 3. The van der Waals surface area contributed by atoms with E-state index in [4.69, 9.17) is 14.2 Å². The maximum absolute atomic E-state index is 12.8. The molecule has 0 aromatic carbocycles. The first-order valence-electron chi connectivity index (χ1n) is 27.0. The average molecular weight is 915 g/mol. The van der Waals surface area contributed by atoms with E-state index in [0.717, 1.165) is 64.2 Å². The van der Waals surface area contributed by atoms with E-state index in [1.807, 2.05) is 54.7 Å². The predicted molar refractivity (Wildman–Crippen MR) is 283 cm³/mol. The third-order valence-corrected chi connectivity index (χ3v) is 11.2. The molecule has 0 heterocycles. The van der Waals surface area contributed by atoms with Crippen molar-refractivity contribution in [2.75, 3.05) is 13.2 Å². The zero-order chi connectivity index (χ0) is 47.9. The van der Waals surface area contributed by atoms with E-state index in [0.29, 0.717) is 12.8 Å². The summed E-state index contributed by atoms with van der Waals surface area (Å²) in [6.45, 7) is 6.37. The molecule has 0 rings (SSSR count). The zero-order valence-corrected chi connectivity index (χ0v) is 42.7. The van der Waals surface area contributed by atoms with Gasteiger partial charge >= 0.3 is 17.9 Å². The summed E-state index contributed by atoms with van der Waals surface area (Å²) in [5.41, 5.74) is 0. The summed E-state index contributed by atoms with van der Waals surface area (Å²) >= 11 is 0. The summed E-state index contributed by atoms with van der Waals surface area (Å²) in [7, 11) is 0. The molecule has 0 aliphatic heterocycles. The molecule has 0 saturated heterocycles. The summed E-state index contributed by atoms with van der Waals surface area (Å²) in [4.78, 5) is 38.0. The highest BCUT2D eigenvalue weighted by Gasteiger charge is 2.19. The van der Waals surface area contributed by atoms with Crippen LogP contribution in [0.1, 0.15) is 233 Å². The van der Waals surface area contributed by atoms with Gasteiger partial charge in [-0.25, -0.2) is 0 Å². The number of hydrogen-bond donors (Lipinski definition) is 0. The summed E-state index contributed by atoms with van der Waals surface area (Å²) in [5.74, 6) is -1.02. The van der Waals surface area contributed by atoms with Crippen LogP contribution < -0.4 is 0 Å². The van der Waals surface area contributed by atoms with Gasteiger partial charge in [-0.1, -0.05) is 239 Å². The highest BCUT2D eigenvalue weighted by molar-refractivity contribution is 5.71. The molecule has 0 aliphatic carbocycles. The van der Waals surface area contributed by atoms with Crippen molar-refractivity contribution in [1.82, 2.24) is 0 Å². The van der Waals surface area contributed by atoms with Gasteiger partial charge in [-0.3, -0.25) is 14.4 Å². The van der Waals surface area contributed by atoms with E-state index in [1.54, 1.807) is 0 Å². The molecular weight excluding hydrogens is 817 g/mol. The van der Waals surface area contributed by atoms with Gasteiger partial charge in [0.2, 0.25) is 0 Å². The lowest BCUT2D eigenvalue weighted by Crippen LogP contribution is -2.30. The topological polar surface area (TPSA) is 78.9 Å². The van der Waals surface area contributed by atoms with Crippen LogP contribution in [0.3, 0.4) is 0 Å². The molecule has 0 N–H and O–H groups in total. The van der Waals surface area contributed by atoms with Gasteiger partial charge in [-0.15, -0.1) is 0 Å². The SMILES string of the molecule is CC/C=C/C=C/C=C/C=C/C=C/CCCC(=O)OCC(COC(=O)CCCCCCCCCCCC/C=C/C=C/CCCCC)OC(=O)CCCCC/C=C/C=C/CCCCCCCCC. The Morgan fingerprint density at radius 2 is 0.606 bits per heavy atom. The quantitative estimate of drug-likeness (QED) is 0.0262. The maximum Gasteiger partial charge on any atom is 0.306 e. The van der Waals surface area contributed by atoms with Crippen LogP contribution in [0, 0.1) is 0 Å². The van der Waals surface area contributed by atoms with Gasteiger partial charge in [0.25, 0.3) is 0 Å². The Morgan fingerprint density at radius 1 is 0.318 bits per heavy atom. The molecule has 1 unspecified atom stereocenters. The van der Waals surface area contributed by atoms with Crippen molar-refractivity contribution in [1.29, 1.82) is 0 Å². The highest BCUT2D eigenvalue weighted by Crippen LogP contribution is 2.14. The number of allylic oxidation sites excluding steroid dienone is 18. The molecule has 0 aliphatic rings. The molecule has 1 atom stereocenters. The summed E-state index contributed by atoms with van der Waals surface area (Å²) in [6, 6.07) is 0. The van der Waals surface area contributed by atoms with Crippen molar-refractivity contribution < 1.29 is 28.6 Å². The number of carbonyl (C=O) groups is 3. The minimum absolute atomic E-state index is 0.115. The summed E-state index contributed by atoms with van der Waals surface area (Å²) in [5, 5.41) is 0. The predicted octanol–water partition coefficient (Wildman–Crippen LogP) is 17.9. The number of ether oxygens (including phenoxy) is 3. The molecule has 374 valence electrons. The normalized spacial score (nSPS) is 13.0. The van der Waals surface area contributed by atoms with Crippen molar-refractivity contribution in [2.24, 2.45) is 0 Å². The Balaban J connectivity index is 4.50. The fraction of sp³-hybridized carbons (Fsp3) is 0.650. The van der Waals surface area contributed by atoms with Crippen LogP contribution in [-0.2, 0) is 28.6 Å². The molecule has 0 saturated carbocycles. The lowest BCUT2D eigenvalue weighted by molar-refractivity contribution is -0.167. The molecule has 6 nitrogen and oxygen atoms in total. The van der Waals surface area contributed by atoms with Gasteiger partial charge in [0.05, 0.1) is 0 Å². The molecule has 0 bridgehead atoms. The Kier molecular flexibility index (Phi) is 50.5. The lowest BCUT2D eigenvalue weighted by Gasteiger charge is -2.18. The van der Waals surface area contributed by atoms with Gasteiger partial charge in [-0.2, -0.15) is 0 Å². The van der Waals surface area contributed by atoms with Crippen molar-refractivity contribution in [2.45, 2.75) is 239 Å². The molecule has 0 fully saturated rings. The number of rotatable bonds is 47. The molecule has 6 heteroatoms. The van der Waals surface area contributed by atoms with Crippen LogP contribution in [0.4, 0.5) is 0 Å². The van der Waals surface area contributed by atoms with Gasteiger partial charge in [-0.05, 0) is 83.5 Å².